The van der Waals surface area contributed by atoms with Crippen molar-refractivity contribution in [1.82, 2.24) is 10.2 Å². The highest BCUT2D eigenvalue weighted by molar-refractivity contribution is 5.96. The van der Waals surface area contributed by atoms with Crippen molar-refractivity contribution >= 4 is 5.91 Å². The molecule has 122 valence electrons. The number of para-hydroxylation sites is 1. The number of benzene rings is 2. The van der Waals surface area contributed by atoms with Gasteiger partial charge in [0.15, 0.2) is 0 Å². The molecule has 1 amide bonds. The molecule has 5 heteroatoms. The van der Waals surface area contributed by atoms with Crippen LogP contribution >= 0.6 is 0 Å². The molecule has 0 heterocycles. The summed E-state index contributed by atoms with van der Waals surface area (Å²) >= 11 is 0. The fourth-order valence-electron chi connectivity index (χ4n) is 2.00. The average Bonchev–Trinajstić information content (AvgIpc) is 2.54. The van der Waals surface area contributed by atoms with Gasteiger partial charge >= 0.3 is 0 Å². The van der Waals surface area contributed by atoms with Crippen LogP contribution in [0.15, 0.2) is 48.5 Å². The van der Waals surface area contributed by atoms with Crippen LogP contribution in [-0.4, -0.2) is 38.1 Å². The van der Waals surface area contributed by atoms with Crippen molar-refractivity contribution in [2.75, 3.05) is 27.2 Å². The van der Waals surface area contributed by atoms with E-state index in [1.807, 2.05) is 25.1 Å². The number of hydrogen-bond donors (Lipinski definition) is 1. The molecule has 0 fully saturated rings. The fraction of sp³-hybridized carbons (Fsp3) is 0.278. The summed E-state index contributed by atoms with van der Waals surface area (Å²) in [6, 6.07) is 13.2. The lowest BCUT2D eigenvalue weighted by atomic mass is 10.1. The second-order valence-corrected chi connectivity index (χ2v) is 5.46. The Labute approximate surface area is 135 Å². The Balaban J connectivity index is 1.97. The maximum atomic E-state index is 12.9. The van der Waals surface area contributed by atoms with Crippen LogP contribution in [0.25, 0.3) is 0 Å². The molecule has 0 spiro atoms. The van der Waals surface area contributed by atoms with E-state index < -0.39 is 0 Å². The first-order chi connectivity index (χ1) is 11.1. The van der Waals surface area contributed by atoms with Gasteiger partial charge in [0.05, 0.1) is 5.56 Å². The van der Waals surface area contributed by atoms with Crippen molar-refractivity contribution in [3.8, 4) is 5.75 Å². The summed E-state index contributed by atoms with van der Waals surface area (Å²) in [6.07, 6.45) is 0. The lowest BCUT2D eigenvalue weighted by Crippen LogP contribution is -2.24. The summed E-state index contributed by atoms with van der Waals surface area (Å²) in [6.45, 7) is 1.62. The van der Waals surface area contributed by atoms with Crippen LogP contribution in [-0.2, 0) is 6.54 Å². The largest absolute Gasteiger partial charge is 0.491 e. The van der Waals surface area contributed by atoms with E-state index in [4.69, 9.17) is 4.74 Å². The molecule has 0 aliphatic carbocycles. The number of carbonyl (C=O) groups is 1. The topological polar surface area (TPSA) is 41.6 Å². The van der Waals surface area contributed by atoms with Crippen molar-refractivity contribution in [3.63, 3.8) is 0 Å². The number of nitrogens with zero attached hydrogens (tertiary/aromatic N) is 1. The summed E-state index contributed by atoms with van der Waals surface area (Å²) in [7, 11) is 3.93. The van der Waals surface area contributed by atoms with Crippen molar-refractivity contribution in [2.24, 2.45) is 0 Å². The monoisotopic (exact) mass is 316 g/mol. The van der Waals surface area contributed by atoms with Gasteiger partial charge in [0.1, 0.15) is 18.2 Å². The molecule has 23 heavy (non-hydrogen) atoms. The summed E-state index contributed by atoms with van der Waals surface area (Å²) in [5, 5.41) is 2.82. The maximum absolute atomic E-state index is 12.9. The van der Waals surface area contributed by atoms with Crippen molar-refractivity contribution in [3.05, 3.63) is 65.5 Å². The predicted octanol–water partition coefficient (Wildman–Crippen LogP) is 2.70. The molecule has 4 nitrogen and oxygen atoms in total. The van der Waals surface area contributed by atoms with E-state index in [1.165, 1.54) is 12.1 Å². The Morgan fingerprint density at radius 2 is 1.83 bits per heavy atom. The van der Waals surface area contributed by atoms with Crippen molar-refractivity contribution < 1.29 is 13.9 Å². The maximum Gasteiger partial charge on any atom is 0.255 e. The van der Waals surface area contributed by atoms with Gasteiger partial charge in [0.25, 0.3) is 5.91 Å². The van der Waals surface area contributed by atoms with Crippen LogP contribution in [0, 0.1) is 5.82 Å². The molecule has 0 radical (unpaired) electrons. The fourth-order valence-corrected chi connectivity index (χ4v) is 2.00. The number of halogens is 1. The Kier molecular flexibility index (Phi) is 6.11. The number of nitrogens with one attached hydrogen (secondary N) is 1. The first-order valence-corrected chi connectivity index (χ1v) is 7.45. The van der Waals surface area contributed by atoms with Crippen LogP contribution in [0.4, 0.5) is 4.39 Å². The number of hydrogen-bond acceptors (Lipinski definition) is 3. The van der Waals surface area contributed by atoms with Crippen LogP contribution in [0.2, 0.25) is 0 Å². The smallest absolute Gasteiger partial charge is 0.255 e. The van der Waals surface area contributed by atoms with Gasteiger partial charge in [-0.05, 0) is 43.9 Å². The third-order valence-corrected chi connectivity index (χ3v) is 3.29. The zero-order valence-electron chi connectivity index (χ0n) is 13.4. The standard InChI is InChI=1S/C18H21FN2O2/c1-21(2)11-12-23-17-6-4-3-5-16(17)18(22)20-13-14-7-9-15(19)10-8-14/h3-10H,11-13H2,1-2H3,(H,20,22). The second kappa shape index (κ2) is 8.29. The molecule has 0 aliphatic heterocycles. The molecule has 0 bridgehead atoms. The summed E-state index contributed by atoms with van der Waals surface area (Å²) in [4.78, 5) is 14.3. The highest BCUT2D eigenvalue weighted by Crippen LogP contribution is 2.18. The third-order valence-electron chi connectivity index (χ3n) is 3.29. The van der Waals surface area contributed by atoms with Crippen LogP contribution in [0.5, 0.6) is 5.75 Å². The molecule has 2 aromatic rings. The zero-order chi connectivity index (χ0) is 16.7. The van der Waals surface area contributed by atoms with E-state index in [0.717, 1.165) is 12.1 Å². The van der Waals surface area contributed by atoms with Gasteiger partial charge in [-0.2, -0.15) is 0 Å². The average molecular weight is 316 g/mol. The Morgan fingerprint density at radius 1 is 1.13 bits per heavy atom. The Hall–Kier alpha value is -2.40. The van der Waals surface area contributed by atoms with Gasteiger partial charge in [-0.3, -0.25) is 4.79 Å². The SMILES string of the molecule is CN(C)CCOc1ccccc1C(=O)NCc1ccc(F)cc1. The first-order valence-electron chi connectivity index (χ1n) is 7.45. The van der Waals surface area contributed by atoms with E-state index >= 15 is 0 Å². The number of rotatable bonds is 7. The van der Waals surface area contributed by atoms with E-state index in [1.54, 1.807) is 30.3 Å². The minimum atomic E-state index is -0.292. The molecular formula is C18H21FN2O2. The molecule has 0 saturated carbocycles. The van der Waals surface area contributed by atoms with Crippen LogP contribution < -0.4 is 10.1 Å². The van der Waals surface area contributed by atoms with E-state index in [9.17, 15) is 9.18 Å². The number of carbonyl (C=O) groups excluding carboxylic acids is 1. The van der Waals surface area contributed by atoms with Gasteiger partial charge in [0.2, 0.25) is 0 Å². The van der Waals surface area contributed by atoms with Gasteiger partial charge in [-0.1, -0.05) is 24.3 Å². The lowest BCUT2D eigenvalue weighted by Gasteiger charge is -2.14. The van der Waals surface area contributed by atoms with Crippen molar-refractivity contribution in [2.45, 2.75) is 6.54 Å². The van der Waals surface area contributed by atoms with Gasteiger partial charge in [0, 0.05) is 13.1 Å². The Morgan fingerprint density at radius 3 is 2.52 bits per heavy atom. The molecule has 0 atom stereocenters. The lowest BCUT2D eigenvalue weighted by molar-refractivity contribution is 0.0946. The highest BCUT2D eigenvalue weighted by Gasteiger charge is 2.11. The minimum Gasteiger partial charge on any atom is -0.491 e. The quantitative estimate of drug-likeness (QED) is 0.854. The van der Waals surface area contributed by atoms with Gasteiger partial charge in [-0.25, -0.2) is 4.39 Å². The summed E-state index contributed by atoms with van der Waals surface area (Å²) in [5.74, 6) is 0.0560. The molecule has 0 aliphatic rings. The van der Waals surface area contributed by atoms with E-state index in [0.29, 0.717) is 24.5 Å². The zero-order valence-corrected chi connectivity index (χ0v) is 13.4. The van der Waals surface area contributed by atoms with E-state index in [2.05, 4.69) is 5.32 Å². The van der Waals surface area contributed by atoms with Crippen molar-refractivity contribution in [1.29, 1.82) is 0 Å². The minimum absolute atomic E-state index is 0.213. The molecule has 0 unspecified atom stereocenters. The number of likely N-dealkylation sites (N-methyl/N-ethyl adjacent to an activating group) is 1. The second-order valence-electron chi connectivity index (χ2n) is 5.46. The third kappa shape index (κ3) is 5.38. The molecule has 2 rings (SSSR count). The first kappa shape index (κ1) is 17.0. The Bertz CT molecular complexity index is 642. The van der Waals surface area contributed by atoms with E-state index in [-0.39, 0.29) is 11.7 Å². The number of amides is 1. The summed E-state index contributed by atoms with van der Waals surface area (Å²) in [5.41, 5.74) is 1.33. The normalized spacial score (nSPS) is 10.6. The molecule has 0 aromatic heterocycles. The van der Waals surface area contributed by atoms with Gasteiger partial charge < -0.3 is 15.0 Å². The predicted molar refractivity (Wildman–Crippen MR) is 88.1 cm³/mol. The summed E-state index contributed by atoms with van der Waals surface area (Å²) < 4.78 is 18.6. The molecule has 1 N–H and O–H groups in total. The van der Waals surface area contributed by atoms with Crippen LogP contribution in [0.3, 0.4) is 0 Å². The highest BCUT2D eigenvalue weighted by atomic mass is 19.1. The van der Waals surface area contributed by atoms with Crippen LogP contribution in [0.1, 0.15) is 15.9 Å². The molecule has 2 aromatic carbocycles. The van der Waals surface area contributed by atoms with Gasteiger partial charge in [-0.15, -0.1) is 0 Å². The molecule has 0 saturated heterocycles. The number of ether oxygens (including phenoxy) is 1. The molecular weight excluding hydrogens is 295 g/mol.